The first-order valence-corrected chi connectivity index (χ1v) is 18.8. The van der Waals surface area contributed by atoms with Crippen LogP contribution in [0.2, 0.25) is 0 Å². The van der Waals surface area contributed by atoms with E-state index in [0.717, 1.165) is 62.5 Å². The summed E-state index contributed by atoms with van der Waals surface area (Å²) < 4.78 is 76.7. The molecule has 2 aromatic rings. The summed E-state index contributed by atoms with van der Waals surface area (Å²) in [5, 5.41) is 0. The van der Waals surface area contributed by atoms with Crippen LogP contribution < -0.4 is 9.47 Å². The van der Waals surface area contributed by atoms with E-state index in [2.05, 4.69) is 13.8 Å². The maximum Gasteiger partial charge on any atom is 0.201 e. The Kier molecular flexibility index (Phi) is 16.0. The molecule has 4 rings (SSSR count). The monoisotopic (exact) mass is 686 g/mol. The largest absolute Gasteiger partial charge is 0.494 e. The molecule has 0 N–H and O–H groups in total. The quantitative estimate of drug-likeness (QED) is 0.115. The highest BCUT2D eigenvalue weighted by Gasteiger charge is 2.29. The number of ether oxygens (including phenoxy) is 3. The summed E-state index contributed by atoms with van der Waals surface area (Å²) in [4.78, 5) is 0. The molecule has 2 aromatic carbocycles. The summed E-state index contributed by atoms with van der Waals surface area (Å²) in [6.45, 7) is 4.80. The molecule has 3 nitrogen and oxygen atoms in total. The lowest BCUT2D eigenvalue weighted by atomic mass is 9.75. The minimum atomic E-state index is -0.985. The van der Waals surface area contributed by atoms with Gasteiger partial charge in [-0.05, 0) is 110 Å². The third-order valence-electron chi connectivity index (χ3n) is 11.0. The van der Waals surface area contributed by atoms with Gasteiger partial charge in [-0.2, -0.15) is 8.78 Å². The van der Waals surface area contributed by atoms with E-state index in [0.29, 0.717) is 11.8 Å². The van der Waals surface area contributed by atoms with Crippen molar-refractivity contribution in [1.82, 2.24) is 0 Å². The fourth-order valence-corrected chi connectivity index (χ4v) is 8.07. The lowest BCUT2D eigenvalue weighted by Gasteiger charge is -2.31. The van der Waals surface area contributed by atoms with Gasteiger partial charge in [0.15, 0.2) is 23.1 Å². The summed E-state index contributed by atoms with van der Waals surface area (Å²) in [7, 11) is 2.66. The lowest BCUT2D eigenvalue weighted by Crippen LogP contribution is -2.17. The minimum Gasteiger partial charge on any atom is -0.494 e. The van der Waals surface area contributed by atoms with Gasteiger partial charge in [0.2, 0.25) is 11.6 Å². The maximum atomic E-state index is 15.4. The summed E-state index contributed by atoms with van der Waals surface area (Å²) in [5.74, 6) is -2.46. The van der Waals surface area contributed by atoms with E-state index in [4.69, 9.17) is 14.2 Å². The molecule has 0 saturated heterocycles. The Morgan fingerprint density at radius 1 is 0.571 bits per heavy atom. The highest BCUT2D eigenvalue weighted by molar-refractivity contribution is 5.70. The maximum absolute atomic E-state index is 15.4. The van der Waals surface area contributed by atoms with Crippen molar-refractivity contribution in [3.8, 4) is 11.5 Å². The van der Waals surface area contributed by atoms with Crippen LogP contribution in [0.3, 0.4) is 0 Å². The summed E-state index contributed by atoms with van der Waals surface area (Å²) in [6, 6.07) is 6.17. The fourth-order valence-electron chi connectivity index (χ4n) is 8.07. The molecule has 0 radical (unpaired) electrons. The van der Waals surface area contributed by atoms with E-state index in [1.807, 2.05) is 12.2 Å². The van der Waals surface area contributed by atoms with Crippen LogP contribution in [0.1, 0.15) is 128 Å². The van der Waals surface area contributed by atoms with Crippen molar-refractivity contribution in [2.45, 2.75) is 117 Å². The molecule has 7 heteroatoms. The van der Waals surface area contributed by atoms with Gasteiger partial charge in [0.25, 0.3) is 0 Å². The zero-order valence-electron chi connectivity index (χ0n) is 30.2. The summed E-state index contributed by atoms with van der Waals surface area (Å²) in [5.41, 5.74) is 2.03. The molecular weight excluding hydrogens is 628 g/mol. The van der Waals surface area contributed by atoms with Gasteiger partial charge in [-0.1, -0.05) is 77.4 Å². The highest BCUT2D eigenvalue weighted by atomic mass is 19.2. The number of unbranched alkanes of at least 4 members (excludes halogenated alkanes) is 4. The summed E-state index contributed by atoms with van der Waals surface area (Å²) >= 11 is 0. The average molecular weight is 687 g/mol. The third-order valence-corrected chi connectivity index (χ3v) is 11.0. The topological polar surface area (TPSA) is 27.7 Å². The molecular formula is C42H58F4O3. The number of hydrogen-bond acceptors (Lipinski definition) is 3. The van der Waals surface area contributed by atoms with Crippen LogP contribution in [0, 0.1) is 46.9 Å². The number of methoxy groups -OCH3 is 2. The van der Waals surface area contributed by atoms with Crippen molar-refractivity contribution in [1.29, 1.82) is 0 Å². The Morgan fingerprint density at radius 2 is 0.959 bits per heavy atom. The minimum absolute atomic E-state index is 0.100. The average Bonchev–Trinajstić information content (AvgIpc) is 3.12. The molecule has 0 aromatic heterocycles. The van der Waals surface area contributed by atoms with Crippen LogP contribution in [0.15, 0.2) is 36.4 Å². The molecule has 0 aliphatic heterocycles. The van der Waals surface area contributed by atoms with Gasteiger partial charge < -0.3 is 14.2 Å². The molecule has 0 unspecified atom stereocenters. The number of rotatable bonds is 18. The van der Waals surface area contributed by atoms with Crippen molar-refractivity contribution in [3.63, 3.8) is 0 Å². The van der Waals surface area contributed by atoms with Crippen molar-refractivity contribution in [3.05, 3.63) is 70.8 Å². The second-order valence-corrected chi connectivity index (χ2v) is 14.2. The number of halogens is 4. The molecule has 2 aliphatic carbocycles. The van der Waals surface area contributed by atoms with Gasteiger partial charge >= 0.3 is 0 Å². The van der Waals surface area contributed by atoms with Gasteiger partial charge in [-0.25, -0.2) is 8.78 Å². The van der Waals surface area contributed by atoms with E-state index in [-0.39, 0.29) is 47.7 Å². The van der Waals surface area contributed by atoms with E-state index < -0.39 is 23.3 Å². The Labute approximate surface area is 292 Å². The van der Waals surface area contributed by atoms with Gasteiger partial charge in [-0.15, -0.1) is 0 Å². The number of hydrogen-bond donors (Lipinski definition) is 0. The molecule has 2 saturated carbocycles. The second-order valence-electron chi connectivity index (χ2n) is 14.2. The first kappa shape index (κ1) is 39.0. The van der Waals surface area contributed by atoms with E-state index in [9.17, 15) is 8.78 Å². The predicted molar refractivity (Wildman–Crippen MR) is 192 cm³/mol. The molecule has 0 amide bonds. The molecule has 0 atom stereocenters. The Bertz CT molecular complexity index is 1270. The SMILES string of the molecule is CCCCC[C@H]1CC[C@H](C(=CCOCC=C(c2ccc(OC)c(F)c2F)[C@H]2CC[C@H](CCCCC)CC2)c2ccc(OC)c(F)c2F)CC1. The number of allylic oxidation sites excluding steroid dienone is 2. The van der Waals surface area contributed by atoms with Gasteiger partial charge in [0.05, 0.1) is 27.4 Å². The van der Waals surface area contributed by atoms with Crippen LogP contribution in [-0.2, 0) is 4.74 Å². The molecule has 2 aliphatic rings. The highest BCUT2D eigenvalue weighted by Crippen LogP contribution is 2.42. The fraction of sp³-hybridized carbons (Fsp3) is 0.619. The zero-order valence-corrected chi connectivity index (χ0v) is 30.2. The van der Waals surface area contributed by atoms with Crippen LogP contribution in [0.4, 0.5) is 17.6 Å². The smallest absolute Gasteiger partial charge is 0.201 e. The van der Waals surface area contributed by atoms with E-state index in [1.54, 1.807) is 12.1 Å². The zero-order chi connectivity index (χ0) is 35.2. The van der Waals surface area contributed by atoms with Crippen LogP contribution in [0.5, 0.6) is 11.5 Å². The first-order chi connectivity index (χ1) is 23.8. The van der Waals surface area contributed by atoms with Crippen molar-refractivity contribution in [2.24, 2.45) is 23.7 Å². The number of benzene rings is 2. The Balaban J connectivity index is 1.52. The lowest BCUT2D eigenvalue weighted by molar-refractivity contribution is 0.193. The summed E-state index contributed by atoms with van der Waals surface area (Å²) in [6.07, 6.45) is 21.6. The van der Waals surface area contributed by atoms with Crippen LogP contribution >= 0.6 is 0 Å². The van der Waals surface area contributed by atoms with E-state index in [1.165, 1.54) is 77.7 Å². The van der Waals surface area contributed by atoms with E-state index >= 15 is 8.78 Å². The van der Waals surface area contributed by atoms with Crippen LogP contribution in [0.25, 0.3) is 11.1 Å². The molecule has 272 valence electrons. The predicted octanol–water partition coefficient (Wildman–Crippen LogP) is 12.5. The molecule has 0 spiro atoms. The van der Waals surface area contributed by atoms with Gasteiger partial charge in [0, 0.05) is 11.1 Å². The van der Waals surface area contributed by atoms with Gasteiger partial charge in [0.1, 0.15) is 0 Å². The molecule has 2 fully saturated rings. The van der Waals surface area contributed by atoms with Crippen LogP contribution in [-0.4, -0.2) is 27.4 Å². The Hall–Kier alpha value is -2.80. The van der Waals surface area contributed by atoms with Crippen molar-refractivity contribution < 1.29 is 31.8 Å². The van der Waals surface area contributed by atoms with Gasteiger partial charge in [-0.3, -0.25) is 0 Å². The van der Waals surface area contributed by atoms with Crippen molar-refractivity contribution >= 4 is 11.1 Å². The normalized spacial score (nSPS) is 22.0. The molecule has 49 heavy (non-hydrogen) atoms. The van der Waals surface area contributed by atoms with Crippen molar-refractivity contribution in [2.75, 3.05) is 27.4 Å². The molecule has 0 heterocycles. The second kappa shape index (κ2) is 20.1. The molecule has 0 bridgehead atoms. The first-order valence-electron chi connectivity index (χ1n) is 18.8. The standard InChI is InChI=1S/C42H58F4O3/c1-5-7-9-11-29-13-17-31(18-14-29)33(35-21-23-37(47-3)41(45)39(35)43)25-27-49-28-26-34(36-22-24-38(48-4)42(46)40(36)44)32-19-15-30(16-20-32)12-10-8-6-2/h21-26,29-32H,5-20,27-28H2,1-4H3/t29-,30-,31-,32-. The third kappa shape index (κ3) is 10.6. The Morgan fingerprint density at radius 3 is 1.31 bits per heavy atom.